The average Bonchev–Trinajstić information content (AvgIpc) is 2.75. The Morgan fingerprint density at radius 1 is 1.24 bits per heavy atom. The standard InChI is InChI=1S/C13H14Br2N2O2S2/c1-13(2,3)11-7-20-12(16-11)17-21(18,19)10-5-4-8(14)6-9(10)15/h4-7H,1-3H3,(H,16,17). The van der Waals surface area contributed by atoms with Gasteiger partial charge in [0.15, 0.2) is 5.13 Å². The van der Waals surface area contributed by atoms with Crippen LogP contribution in [-0.2, 0) is 15.4 Å². The lowest BCUT2D eigenvalue weighted by molar-refractivity contribution is 0.573. The first kappa shape index (κ1) is 16.9. The van der Waals surface area contributed by atoms with E-state index >= 15 is 0 Å². The van der Waals surface area contributed by atoms with E-state index in [0.717, 1.165) is 10.2 Å². The summed E-state index contributed by atoms with van der Waals surface area (Å²) in [5, 5.41) is 2.24. The summed E-state index contributed by atoms with van der Waals surface area (Å²) in [6.07, 6.45) is 0. The predicted molar refractivity (Wildman–Crippen MR) is 93.5 cm³/mol. The van der Waals surface area contributed by atoms with Crippen molar-refractivity contribution in [3.63, 3.8) is 0 Å². The van der Waals surface area contributed by atoms with Gasteiger partial charge in [-0.2, -0.15) is 0 Å². The van der Waals surface area contributed by atoms with Crippen LogP contribution >= 0.6 is 43.2 Å². The van der Waals surface area contributed by atoms with Crippen LogP contribution in [0, 0.1) is 0 Å². The molecule has 0 atom stereocenters. The van der Waals surface area contributed by atoms with E-state index in [1.165, 1.54) is 17.4 Å². The van der Waals surface area contributed by atoms with Crippen LogP contribution in [0.2, 0.25) is 0 Å². The number of hydrogen-bond acceptors (Lipinski definition) is 4. The molecule has 0 bridgehead atoms. The number of nitrogens with one attached hydrogen (secondary N) is 1. The quantitative estimate of drug-likeness (QED) is 0.728. The molecule has 0 fully saturated rings. The van der Waals surface area contributed by atoms with Crippen molar-refractivity contribution in [1.82, 2.24) is 4.98 Å². The minimum Gasteiger partial charge on any atom is -0.255 e. The summed E-state index contributed by atoms with van der Waals surface area (Å²) < 4.78 is 28.6. The van der Waals surface area contributed by atoms with Gasteiger partial charge < -0.3 is 0 Å². The van der Waals surface area contributed by atoms with Crippen LogP contribution in [0.4, 0.5) is 5.13 Å². The Morgan fingerprint density at radius 3 is 2.43 bits per heavy atom. The third-order valence-corrected chi connectivity index (χ3v) is 6.37. The minimum absolute atomic E-state index is 0.113. The molecule has 0 unspecified atom stereocenters. The molecule has 8 heteroatoms. The fraction of sp³-hybridized carbons (Fsp3) is 0.308. The van der Waals surface area contributed by atoms with Crippen molar-refractivity contribution < 1.29 is 8.42 Å². The molecule has 1 heterocycles. The van der Waals surface area contributed by atoms with Crippen molar-refractivity contribution in [2.45, 2.75) is 31.1 Å². The maximum Gasteiger partial charge on any atom is 0.264 e. The fourth-order valence-corrected chi connectivity index (χ4v) is 5.47. The van der Waals surface area contributed by atoms with Gasteiger partial charge in [0.1, 0.15) is 4.90 Å². The molecular weight excluding hydrogens is 440 g/mol. The molecule has 2 aromatic rings. The monoisotopic (exact) mass is 452 g/mol. The molecule has 4 nitrogen and oxygen atoms in total. The summed E-state index contributed by atoms with van der Waals surface area (Å²) in [6, 6.07) is 4.91. The van der Waals surface area contributed by atoms with Gasteiger partial charge in [0.2, 0.25) is 0 Å². The third-order valence-electron chi connectivity index (χ3n) is 2.68. The Hall–Kier alpha value is -0.440. The lowest BCUT2D eigenvalue weighted by atomic mass is 9.93. The molecule has 0 spiro atoms. The zero-order valence-corrected chi connectivity index (χ0v) is 16.5. The third kappa shape index (κ3) is 4.06. The van der Waals surface area contributed by atoms with E-state index in [-0.39, 0.29) is 10.3 Å². The summed E-state index contributed by atoms with van der Waals surface area (Å²) in [4.78, 5) is 4.52. The van der Waals surface area contributed by atoms with Crippen LogP contribution in [-0.4, -0.2) is 13.4 Å². The second kappa shape index (κ2) is 5.98. The van der Waals surface area contributed by atoms with Gasteiger partial charge in [-0.3, -0.25) is 4.72 Å². The van der Waals surface area contributed by atoms with Crippen LogP contribution in [0.1, 0.15) is 26.5 Å². The first-order chi connectivity index (χ1) is 9.59. The zero-order chi connectivity index (χ0) is 15.8. The van der Waals surface area contributed by atoms with E-state index < -0.39 is 10.0 Å². The maximum atomic E-state index is 12.4. The summed E-state index contributed by atoms with van der Waals surface area (Å²) >= 11 is 7.85. The molecule has 0 radical (unpaired) electrons. The zero-order valence-electron chi connectivity index (χ0n) is 11.6. The van der Waals surface area contributed by atoms with E-state index in [0.29, 0.717) is 9.60 Å². The molecule has 1 aromatic carbocycles. The highest BCUT2D eigenvalue weighted by molar-refractivity contribution is 9.11. The number of sulfonamides is 1. The largest absolute Gasteiger partial charge is 0.264 e. The smallest absolute Gasteiger partial charge is 0.255 e. The van der Waals surface area contributed by atoms with Gasteiger partial charge in [-0.05, 0) is 34.1 Å². The number of aromatic nitrogens is 1. The van der Waals surface area contributed by atoms with Crippen LogP contribution in [0.15, 0.2) is 37.4 Å². The first-order valence-electron chi connectivity index (χ1n) is 6.03. The normalized spacial score (nSPS) is 12.4. The molecule has 0 saturated heterocycles. The summed E-state index contributed by atoms with van der Waals surface area (Å²) in [7, 11) is -3.66. The second-order valence-corrected chi connectivity index (χ2v) is 9.75. The van der Waals surface area contributed by atoms with Crippen molar-refractivity contribution in [1.29, 1.82) is 0 Å². The van der Waals surface area contributed by atoms with E-state index in [1.807, 2.05) is 26.2 Å². The number of benzene rings is 1. The lowest BCUT2D eigenvalue weighted by Crippen LogP contribution is -2.15. The van der Waals surface area contributed by atoms with Crippen molar-refractivity contribution in [2.75, 3.05) is 4.72 Å². The van der Waals surface area contributed by atoms with Crippen molar-refractivity contribution in [3.05, 3.63) is 38.2 Å². The maximum absolute atomic E-state index is 12.4. The Bertz CT molecular complexity index is 765. The lowest BCUT2D eigenvalue weighted by Gasteiger charge is -2.14. The van der Waals surface area contributed by atoms with Crippen LogP contribution < -0.4 is 4.72 Å². The molecule has 114 valence electrons. The minimum atomic E-state index is -3.66. The van der Waals surface area contributed by atoms with Crippen LogP contribution in [0.25, 0.3) is 0 Å². The molecule has 0 aliphatic carbocycles. The molecular formula is C13H14Br2N2O2S2. The van der Waals surface area contributed by atoms with Crippen molar-refractivity contribution >= 4 is 58.4 Å². The van der Waals surface area contributed by atoms with Crippen molar-refractivity contribution in [2.24, 2.45) is 0 Å². The second-order valence-electron chi connectivity index (χ2n) is 5.47. The highest BCUT2D eigenvalue weighted by Gasteiger charge is 2.22. The Morgan fingerprint density at radius 2 is 1.90 bits per heavy atom. The van der Waals surface area contributed by atoms with Gasteiger partial charge in [-0.25, -0.2) is 13.4 Å². The SMILES string of the molecule is CC(C)(C)c1csc(NS(=O)(=O)c2ccc(Br)cc2Br)n1. The van der Waals surface area contributed by atoms with Gasteiger partial charge in [-0.1, -0.05) is 36.7 Å². The molecule has 0 saturated carbocycles. The number of anilines is 1. The first-order valence-corrected chi connectivity index (χ1v) is 9.98. The van der Waals surface area contributed by atoms with Crippen LogP contribution in [0.3, 0.4) is 0 Å². The summed E-state index contributed by atoms with van der Waals surface area (Å²) in [6.45, 7) is 6.10. The molecule has 0 aliphatic rings. The molecule has 1 N–H and O–H groups in total. The molecule has 2 rings (SSSR count). The van der Waals surface area contributed by atoms with Crippen LogP contribution in [0.5, 0.6) is 0 Å². The summed E-state index contributed by atoms with van der Waals surface area (Å²) in [5.41, 5.74) is 0.748. The number of rotatable bonds is 3. The van der Waals surface area contributed by atoms with Gasteiger partial charge in [0, 0.05) is 19.7 Å². The average molecular weight is 454 g/mol. The van der Waals surface area contributed by atoms with Gasteiger partial charge >= 0.3 is 0 Å². The molecule has 0 amide bonds. The number of hydrogen-bond donors (Lipinski definition) is 1. The highest BCUT2D eigenvalue weighted by atomic mass is 79.9. The highest BCUT2D eigenvalue weighted by Crippen LogP contribution is 2.30. The number of nitrogens with zero attached hydrogens (tertiary/aromatic N) is 1. The van der Waals surface area contributed by atoms with E-state index in [9.17, 15) is 8.42 Å². The Labute approximate surface area is 145 Å². The number of halogens is 2. The molecule has 21 heavy (non-hydrogen) atoms. The van der Waals surface area contributed by atoms with Gasteiger partial charge in [0.05, 0.1) is 5.69 Å². The Kier molecular flexibility index (Phi) is 4.82. The number of thiazole rings is 1. The fourth-order valence-electron chi connectivity index (χ4n) is 1.53. The van der Waals surface area contributed by atoms with Gasteiger partial charge in [0.25, 0.3) is 10.0 Å². The van der Waals surface area contributed by atoms with Crippen molar-refractivity contribution in [3.8, 4) is 0 Å². The van der Waals surface area contributed by atoms with E-state index in [4.69, 9.17) is 0 Å². The Balaban J connectivity index is 2.31. The molecule has 1 aromatic heterocycles. The predicted octanol–water partition coefficient (Wildman–Crippen LogP) is 4.77. The topological polar surface area (TPSA) is 59.1 Å². The van der Waals surface area contributed by atoms with E-state index in [2.05, 4.69) is 41.6 Å². The van der Waals surface area contributed by atoms with E-state index in [1.54, 1.807) is 12.1 Å². The summed E-state index contributed by atoms with van der Waals surface area (Å²) in [5.74, 6) is 0. The molecule has 0 aliphatic heterocycles. The van der Waals surface area contributed by atoms with Gasteiger partial charge in [-0.15, -0.1) is 11.3 Å².